The predicted octanol–water partition coefficient (Wildman–Crippen LogP) is 0.752. The van der Waals surface area contributed by atoms with Gasteiger partial charge in [0, 0.05) is 24.3 Å². The topological polar surface area (TPSA) is 101 Å². The first-order valence-corrected chi connectivity index (χ1v) is 10.1. The number of nitrogens with one attached hydrogen (secondary N) is 1. The summed E-state index contributed by atoms with van der Waals surface area (Å²) in [5, 5.41) is 10.2. The van der Waals surface area contributed by atoms with Crippen molar-refractivity contribution in [1.29, 1.82) is 0 Å². The molecule has 0 aliphatic carbocycles. The van der Waals surface area contributed by atoms with Crippen molar-refractivity contribution in [3.05, 3.63) is 32.6 Å². The predicted molar refractivity (Wildman–Crippen MR) is 84.1 cm³/mol. The van der Waals surface area contributed by atoms with Crippen molar-refractivity contribution in [1.82, 2.24) is 9.55 Å². The Kier molecular flexibility index (Phi) is 4.80. The van der Waals surface area contributed by atoms with Crippen molar-refractivity contribution in [2.24, 2.45) is 5.92 Å². The van der Waals surface area contributed by atoms with E-state index in [0.29, 0.717) is 11.7 Å². The second kappa shape index (κ2) is 6.14. The van der Waals surface area contributed by atoms with Crippen molar-refractivity contribution < 1.29 is 14.4 Å². The number of aromatic amines is 1. The van der Waals surface area contributed by atoms with Crippen molar-refractivity contribution in [2.45, 2.75) is 38.7 Å². The molecule has 1 aromatic heterocycles. The lowest BCUT2D eigenvalue weighted by molar-refractivity contribution is -0.0425. The van der Waals surface area contributed by atoms with Gasteiger partial charge in [0.1, 0.15) is 6.23 Å². The molecule has 0 saturated carbocycles. The molecule has 2 N–H and O–H groups in total. The van der Waals surface area contributed by atoms with E-state index >= 15 is 0 Å². The molecule has 0 aromatic carbocycles. The van der Waals surface area contributed by atoms with E-state index < -0.39 is 36.8 Å². The Balaban J connectivity index is 2.21. The number of hydrogen-bond donors (Lipinski definition) is 2. The van der Waals surface area contributed by atoms with Crippen LogP contribution >= 0.6 is 7.14 Å². The van der Waals surface area contributed by atoms with Gasteiger partial charge in [-0.2, -0.15) is 0 Å². The molecular formula is C14H23N2O5P. The summed E-state index contributed by atoms with van der Waals surface area (Å²) >= 11 is 0. The summed E-state index contributed by atoms with van der Waals surface area (Å²) < 4.78 is 19.1. The Hall–Kier alpha value is -1.17. The molecule has 7 nitrogen and oxygen atoms in total. The van der Waals surface area contributed by atoms with Crippen molar-refractivity contribution in [2.75, 3.05) is 19.5 Å². The molecule has 124 valence electrons. The number of aryl methyl sites for hydroxylation is 1. The first kappa shape index (κ1) is 17.2. The minimum absolute atomic E-state index is 0.0830. The van der Waals surface area contributed by atoms with Crippen molar-refractivity contribution >= 4 is 7.14 Å². The van der Waals surface area contributed by atoms with Crippen LogP contribution in [0.4, 0.5) is 0 Å². The number of rotatable bonds is 4. The third kappa shape index (κ3) is 3.77. The normalized spacial score (nSPS) is 27.0. The summed E-state index contributed by atoms with van der Waals surface area (Å²) in [5.41, 5.74) is -0.582. The van der Waals surface area contributed by atoms with Gasteiger partial charge in [-0.3, -0.25) is 14.3 Å². The van der Waals surface area contributed by atoms with Gasteiger partial charge in [0.05, 0.1) is 19.3 Å². The molecule has 22 heavy (non-hydrogen) atoms. The van der Waals surface area contributed by atoms with Crippen molar-refractivity contribution in [3.8, 4) is 0 Å². The Morgan fingerprint density at radius 2 is 2.14 bits per heavy atom. The molecule has 2 heterocycles. The van der Waals surface area contributed by atoms with Crippen LogP contribution in [0.15, 0.2) is 15.8 Å². The van der Waals surface area contributed by atoms with E-state index in [4.69, 9.17) is 4.74 Å². The van der Waals surface area contributed by atoms with Gasteiger partial charge in [0.15, 0.2) is 0 Å². The molecule has 0 spiro atoms. The molecule has 1 aromatic rings. The molecular weight excluding hydrogens is 307 g/mol. The highest BCUT2D eigenvalue weighted by atomic mass is 31.2. The Morgan fingerprint density at radius 3 is 2.73 bits per heavy atom. The average molecular weight is 330 g/mol. The highest BCUT2D eigenvalue weighted by molar-refractivity contribution is 7.62. The first-order valence-electron chi connectivity index (χ1n) is 7.28. The lowest BCUT2D eigenvalue weighted by Gasteiger charge is -2.24. The summed E-state index contributed by atoms with van der Waals surface area (Å²) in [7, 11) is -2.22. The zero-order chi connectivity index (χ0) is 16.7. The van der Waals surface area contributed by atoms with Gasteiger partial charge in [-0.25, -0.2) is 4.79 Å². The largest absolute Gasteiger partial charge is 0.390 e. The zero-order valence-corrected chi connectivity index (χ0v) is 14.2. The number of aliphatic hydroxyl groups excluding tert-OH is 1. The lowest BCUT2D eigenvalue weighted by Crippen LogP contribution is -2.34. The minimum Gasteiger partial charge on any atom is -0.390 e. The van der Waals surface area contributed by atoms with Gasteiger partial charge in [-0.15, -0.1) is 0 Å². The van der Waals surface area contributed by atoms with Gasteiger partial charge in [0.2, 0.25) is 0 Å². The summed E-state index contributed by atoms with van der Waals surface area (Å²) in [6.45, 7) is 6.90. The Bertz CT molecular complexity index is 704. The van der Waals surface area contributed by atoms with E-state index in [2.05, 4.69) is 4.98 Å². The Labute approximate surface area is 128 Å². The van der Waals surface area contributed by atoms with Crippen LogP contribution in [0.1, 0.15) is 25.1 Å². The van der Waals surface area contributed by atoms with Gasteiger partial charge in [0.25, 0.3) is 5.56 Å². The summed E-state index contributed by atoms with van der Waals surface area (Å²) in [6, 6.07) is 0. The molecule has 0 radical (unpaired) electrons. The second-order valence-electron chi connectivity index (χ2n) is 6.57. The molecule has 0 bridgehead atoms. The minimum atomic E-state index is -2.22. The maximum Gasteiger partial charge on any atom is 0.330 e. The first-order chi connectivity index (χ1) is 10.1. The maximum atomic E-state index is 11.9. The van der Waals surface area contributed by atoms with Crippen LogP contribution < -0.4 is 11.2 Å². The molecule has 0 amide bonds. The quantitative estimate of drug-likeness (QED) is 0.794. The monoisotopic (exact) mass is 330 g/mol. The van der Waals surface area contributed by atoms with E-state index in [1.807, 2.05) is 6.92 Å². The number of nitrogens with zero attached hydrogens (tertiary/aromatic N) is 1. The van der Waals surface area contributed by atoms with Crippen molar-refractivity contribution in [3.63, 3.8) is 0 Å². The van der Waals surface area contributed by atoms with Crippen LogP contribution in [0.3, 0.4) is 0 Å². The molecule has 2 unspecified atom stereocenters. The fraction of sp³-hybridized carbons (Fsp3) is 0.714. The maximum absolute atomic E-state index is 11.9. The molecule has 1 saturated heterocycles. The number of ether oxygens (including phenoxy) is 1. The van der Waals surface area contributed by atoms with Gasteiger partial charge in [-0.1, -0.05) is 6.92 Å². The summed E-state index contributed by atoms with van der Waals surface area (Å²) in [5.74, 6) is -0.0830. The van der Waals surface area contributed by atoms with Crippen LogP contribution in [0.25, 0.3) is 0 Å². The Morgan fingerprint density at radius 1 is 1.50 bits per heavy atom. The standard InChI is InChI=1S/C14H23N2O5P/c1-8-6-16(14(19)15-13(8)18)11-5-10(17)12(21-11)9(2)7-22(3,4)20/h6,9-12,17H,5,7H2,1-4H3,(H,15,18,19)/t9?,10?,11-,12-/m1/s1. The molecule has 1 aliphatic heterocycles. The lowest BCUT2D eigenvalue weighted by atomic mass is 10.0. The fourth-order valence-electron chi connectivity index (χ4n) is 2.96. The van der Waals surface area contributed by atoms with E-state index in [0.717, 1.165) is 0 Å². The number of hydrogen-bond acceptors (Lipinski definition) is 5. The second-order valence-corrected chi connectivity index (χ2v) is 10.1. The van der Waals surface area contributed by atoms with Gasteiger partial charge in [-0.05, 0) is 26.2 Å². The molecule has 8 heteroatoms. The highest BCUT2D eigenvalue weighted by Crippen LogP contribution is 2.42. The van der Waals surface area contributed by atoms with Crippen LogP contribution in [0.2, 0.25) is 0 Å². The number of aliphatic hydroxyl groups is 1. The van der Waals surface area contributed by atoms with Gasteiger partial charge < -0.3 is 14.4 Å². The van der Waals surface area contributed by atoms with Crippen LogP contribution in [0, 0.1) is 12.8 Å². The fourth-order valence-corrected chi connectivity index (χ4v) is 4.55. The smallest absolute Gasteiger partial charge is 0.330 e. The molecule has 2 rings (SSSR count). The molecule has 4 atom stereocenters. The third-order valence-corrected chi connectivity index (χ3v) is 5.34. The summed E-state index contributed by atoms with van der Waals surface area (Å²) in [4.78, 5) is 25.5. The van der Waals surface area contributed by atoms with E-state index in [1.165, 1.54) is 10.8 Å². The molecule has 1 aliphatic rings. The van der Waals surface area contributed by atoms with Crippen LogP contribution in [0.5, 0.6) is 0 Å². The van der Waals surface area contributed by atoms with E-state index in [9.17, 15) is 19.3 Å². The molecule has 1 fully saturated rings. The zero-order valence-electron chi connectivity index (χ0n) is 13.3. The van der Waals surface area contributed by atoms with Crippen LogP contribution in [-0.2, 0) is 9.30 Å². The third-order valence-electron chi connectivity index (χ3n) is 3.88. The van der Waals surface area contributed by atoms with Gasteiger partial charge >= 0.3 is 5.69 Å². The highest BCUT2D eigenvalue weighted by Gasteiger charge is 2.39. The van der Waals surface area contributed by atoms with Crippen LogP contribution in [-0.4, -0.2) is 46.4 Å². The number of H-pyrrole nitrogens is 1. The number of aromatic nitrogens is 2. The SMILES string of the molecule is Cc1cn([C@H]2CC(O)[C@@H](C(C)CP(C)(C)=O)O2)c(=O)[nH]c1=O. The average Bonchev–Trinajstić information content (AvgIpc) is 2.73. The summed E-state index contributed by atoms with van der Waals surface area (Å²) in [6.07, 6.45) is 0.344. The van der Waals surface area contributed by atoms with E-state index in [1.54, 1.807) is 20.3 Å². The van der Waals surface area contributed by atoms with E-state index in [-0.39, 0.29) is 12.3 Å².